The topological polar surface area (TPSA) is 59.2 Å². The zero-order valence-electron chi connectivity index (χ0n) is 29.6. The summed E-state index contributed by atoms with van der Waals surface area (Å²) in [6.45, 7) is 17.5. The van der Waals surface area contributed by atoms with E-state index in [9.17, 15) is 5.11 Å². The molecule has 0 radical (unpaired) electrons. The molecule has 0 aliphatic rings. The van der Waals surface area contributed by atoms with E-state index in [-0.39, 0.29) is 48.7 Å². The fourth-order valence-electron chi connectivity index (χ4n) is 4.65. The van der Waals surface area contributed by atoms with E-state index in [1.54, 1.807) is 18.2 Å². The van der Waals surface area contributed by atoms with Gasteiger partial charge < -0.3 is 9.63 Å². The van der Waals surface area contributed by atoms with Crippen LogP contribution in [0, 0.1) is 20.8 Å². The number of aromatic nitrogens is 2. The summed E-state index contributed by atoms with van der Waals surface area (Å²) >= 11 is 12.6. The van der Waals surface area contributed by atoms with Crippen LogP contribution in [0.1, 0.15) is 43.0 Å². The number of phenols is 1. The molecule has 0 aliphatic carbocycles. The van der Waals surface area contributed by atoms with Crippen molar-refractivity contribution in [1.29, 1.82) is 0 Å². The number of halogens is 2. The van der Waals surface area contributed by atoms with Crippen molar-refractivity contribution in [3.8, 4) is 39.7 Å². The Balaban J connectivity index is 0.000000265. The Bertz CT molecular complexity index is 1970. The molecule has 7 rings (SSSR count). The first kappa shape index (κ1) is 41.7. The molecular formula is C45H41Cl2HfN2O2-3. The number of rotatable bonds is 3. The molecule has 0 unspecified atom stereocenters. The van der Waals surface area contributed by atoms with Gasteiger partial charge in [-0.1, -0.05) is 104 Å². The molecule has 0 saturated carbocycles. The van der Waals surface area contributed by atoms with Crippen LogP contribution in [0.3, 0.4) is 0 Å². The van der Waals surface area contributed by atoms with Gasteiger partial charge in [0, 0.05) is 31.4 Å². The van der Waals surface area contributed by atoms with E-state index in [0.717, 1.165) is 27.8 Å². The minimum atomic E-state index is -0.152. The van der Waals surface area contributed by atoms with Crippen LogP contribution in [-0.2, 0) is 31.3 Å². The van der Waals surface area contributed by atoms with Gasteiger partial charge in [-0.3, -0.25) is 0 Å². The molecule has 0 bridgehead atoms. The normalized spacial score (nSPS) is 10.2. The third-order valence-electron chi connectivity index (χ3n) is 7.43. The molecule has 0 aliphatic heterocycles. The predicted molar refractivity (Wildman–Crippen MR) is 214 cm³/mol. The zero-order valence-corrected chi connectivity index (χ0v) is 34.7. The molecule has 7 aromatic rings. The molecule has 0 saturated heterocycles. The number of nitrogens with zero attached hydrogens (tertiary/aromatic N) is 2. The molecule has 0 amide bonds. The molecule has 4 nitrogen and oxygen atoms in total. The molecule has 7 heteroatoms. The van der Waals surface area contributed by atoms with Crippen molar-refractivity contribution < 1.29 is 35.5 Å². The van der Waals surface area contributed by atoms with E-state index in [2.05, 4.69) is 51.7 Å². The second kappa shape index (κ2) is 20.4. The van der Waals surface area contributed by atoms with Gasteiger partial charge in [-0.2, -0.15) is 78.8 Å². The minimum absolute atomic E-state index is 0. The smallest absolute Gasteiger partial charge is 0.262 e. The molecule has 1 aromatic heterocycles. The van der Waals surface area contributed by atoms with Gasteiger partial charge in [-0.05, 0) is 40.8 Å². The van der Waals surface area contributed by atoms with E-state index < -0.39 is 0 Å². The minimum Gasteiger partial charge on any atom is -0.506 e. The van der Waals surface area contributed by atoms with Crippen molar-refractivity contribution >= 4 is 23.2 Å². The molecule has 6 aromatic carbocycles. The van der Waals surface area contributed by atoms with Crippen LogP contribution in [0.4, 0.5) is 0 Å². The predicted octanol–water partition coefficient (Wildman–Crippen LogP) is 13.0. The number of aromatic hydroxyl groups is 1. The van der Waals surface area contributed by atoms with Crippen molar-refractivity contribution in [2.45, 2.75) is 26.2 Å². The SMILES string of the molecule is CC(C)(C)c1cc(-c2ccccc2)c(O)c(-c2nc(-c3c(Cl)cccc3Cl)no2)c1.[CH2-]c1ccccc1.[CH2-]c1ccccc1.[CH2-]c1ccccc1.[Hf]. The monoisotopic (exact) mass is 891 g/mol. The van der Waals surface area contributed by atoms with Gasteiger partial charge in [-0.25, -0.2) is 0 Å². The molecule has 0 atom stereocenters. The van der Waals surface area contributed by atoms with Crippen molar-refractivity contribution in [1.82, 2.24) is 10.1 Å². The van der Waals surface area contributed by atoms with E-state index in [0.29, 0.717) is 26.7 Å². The fourth-order valence-corrected chi connectivity index (χ4v) is 5.21. The van der Waals surface area contributed by atoms with Crippen LogP contribution >= 0.6 is 23.2 Å². The van der Waals surface area contributed by atoms with Crippen LogP contribution in [0.25, 0.3) is 34.0 Å². The van der Waals surface area contributed by atoms with Gasteiger partial charge in [-0.15, -0.1) is 36.4 Å². The summed E-state index contributed by atoms with van der Waals surface area (Å²) in [6, 6.07) is 48.4. The maximum absolute atomic E-state index is 11.1. The van der Waals surface area contributed by atoms with Crippen LogP contribution in [0.5, 0.6) is 5.75 Å². The van der Waals surface area contributed by atoms with Crippen molar-refractivity contribution in [3.63, 3.8) is 0 Å². The van der Waals surface area contributed by atoms with Gasteiger partial charge in [0.2, 0.25) is 5.82 Å². The van der Waals surface area contributed by atoms with E-state index in [1.165, 1.54) is 0 Å². The Morgan fingerprint density at radius 2 is 0.981 bits per heavy atom. The third-order valence-corrected chi connectivity index (χ3v) is 8.06. The van der Waals surface area contributed by atoms with Gasteiger partial charge in [0.1, 0.15) is 5.75 Å². The van der Waals surface area contributed by atoms with E-state index >= 15 is 0 Å². The fraction of sp³-hybridized carbons (Fsp3) is 0.0889. The average Bonchev–Trinajstić information content (AvgIpc) is 3.59. The third kappa shape index (κ3) is 12.5. The summed E-state index contributed by atoms with van der Waals surface area (Å²) in [5, 5.41) is 16.0. The van der Waals surface area contributed by atoms with Crippen LogP contribution in [0.15, 0.2) is 156 Å². The Hall–Kier alpha value is -4.68. The van der Waals surface area contributed by atoms with Gasteiger partial charge in [0.05, 0.1) is 21.2 Å². The molecule has 0 fully saturated rings. The molecular weight excluding hydrogens is 850 g/mol. The standard InChI is InChI=1S/C24H20Cl2N2O2.3C7H7.Hf/c1-24(2,3)15-12-16(14-8-5-4-6-9-14)21(29)17(13-15)23-27-22(28-30-23)20-18(25)10-7-11-19(20)26;3*1-7-5-3-2-4-6-7;/h4-13,29H,1-3H3;3*2-6H,1H2;/q;3*-1;. The van der Waals surface area contributed by atoms with Crippen LogP contribution < -0.4 is 0 Å². The molecule has 264 valence electrons. The van der Waals surface area contributed by atoms with Crippen molar-refractivity contribution in [3.05, 3.63) is 205 Å². The summed E-state index contributed by atoms with van der Waals surface area (Å²) in [5.41, 5.74) is 6.65. The molecule has 1 N–H and O–H groups in total. The van der Waals surface area contributed by atoms with Crippen LogP contribution in [-0.4, -0.2) is 15.2 Å². The van der Waals surface area contributed by atoms with Crippen molar-refractivity contribution in [2.24, 2.45) is 0 Å². The first-order chi connectivity index (χ1) is 24.4. The molecule has 0 spiro atoms. The second-order valence-electron chi connectivity index (χ2n) is 12.5. The number of phenolic OH excluding ortho intramolecular Hbond substituents is 1. The van der Waals surface area contributed by atoms with Gasteiger partial charge in [0.25, 0.3) is 5.89 Å². The number of hydrogen-bond acceptors (Lipinski definition) is 4. The maximum atomic E-state index is 11.1. The van der Waals surface area contributed by atoms with E-state index in [4.69, 9.17) is 27.7 Å². The molecule has 1 heterocycles. The zero-order chi connectivity index (χ0) is 36.8. The first-order valence-corrected chi connectivity index (χ1v) is 17.0. The largest absolute Gasteiger partial charge is 0.506 e. The maximum Gasteiger partial charge on any atom is 0.262 e. The van der Waals surface area contributed by atoms with Crippen molar-refractivity contribution in [2.75, 3.05) is 0 Å². The van der Waals surface area contributed by atoms with E-state index in [1.807, 2.05) is 133 Å². The Kier molecular flexibility index (Phi) is 16.4. The Labute approximate surface area is 337 Å². The number of hydrogen-bond donors (Lipinski definition) is 1. The number of benzene rings is 6. The quantitative estimate of drug-likeness (QED) is 0.142. The summed E-state index contributed by atoms with van der Waals surface area (Å²) < 4.78 is 5.52. The average molecular weight is 891 g/mol. The summed E-state index contributed by atoms with van der Waals surface area (Å²) in [5.74, 6) is 0.541. The Morgan fingerprint density at radius 1 is 0.577 bits per heavy atom. The summed E-state index contributed by atoms with van der Waals surface area (Å²) in [6.07, 6.45) is 0. The molecule has 52 heavy (non-hydrogen) atoms. The van der Waals surface area contributed by atoms with Gasteiger partial charge in [0.15, 0.2) is 0 Å². The van der Waals surface area contributed by atoms with Crippen LogP contribution in [0.2, 0.25) is 10.0 Å². The summed E-state index contributed by atoms with van der Waals surface area (Å²) in [4.78, 5) is 4.48. The Morgan fingerprint density at radius 3 is 1.37 bits per heavy atom. The first-order valence-electron chi connectivity index (χ1n) is 16.3. The van der Waals surface area contributed by atoms with Gasteiger partial charge >= 0.3 is 0 Å². The summed E-state index contributed by atoms with van der Waals surface area (Å²) in [7, 11) is 0. The second-order valence-corrected chi connectivity index (χ2v) is 13.3.